The van der Waals surface area contributed by atoms with E-state index in [4.69, 9.17) is 15.8 Å². The molecule has 23 heavy (non-hydrogen) atoms. The van der Waals surface area contributed by atoms with Crippen LogP contribution in [-0.4, -0.2) is 60.8 Å². The quantitative estimate of drug-likeness (QED) is 0.603. The summed E-state index contributed by atoms with van der Waals surface area (Å²) in [6, 6.07) is 5.40. The van der Waals surface area contributed by atoms with Gasteiger partial charge in [0.05, 0.1) is 11.8 Å². The molecule has 0 radical (unpaired) electrons. The highest BCUT2D eigenvalue weighted by atomic mass is 16.6. The molecule has 2 heterocycles. The zero-order valence-electron chi connectivity index (χ0n) is 13.1. The van der Waals surface area contributed by atoms with Crippen molar-refractivity contribution in [3.8, 4) is 6.07 Å². The molecule has 8 nitrogen and oxygen atoms in total. The molecule has 1 aromatic heterocycles. The lowest BCUT2D eigenvalue weighted by atomic mass is 10.2. The van der Waals surface area contributed by atoms with Gasteiger partial charge in [-0.2, -0.15) is 5.26 Å². The van der Waals surface area contributed by atoms with Crippen molar-refractivity contribution in [2.45, 2.75) is 13.0 Å². The second kappa shape index (κ2) is 8.10. The number of anilines is 1. The number of hydrogen-bond acceptors (Lipinski definition) is 7. The van der Waals surface area contributed by atoms with Crippen LogP contribution in [0.5, 0.6) is 0 Å². The number of nitriles is 1. The number of piperazine rings is 1. The van der Waals surface area contributed by atoms with E-state index < -0.39 is 0 Å². The average molecular weight is 316 g/mol. The molecular weight excluding hydrogens is 296 g/mol. The van der Waals surface area contributed by atoms with E-state index >= 15 is 0 Å². The molecule has 122 valence electrons. The number of hydrogen-bond donors (Lipinski definition) is 1. The number of oxime groups is 1. The lowest BCUT2D eigenvalue weighted by Gasteiger charge is -2.35. The first-order valence-electron chi connectivity index (χ1n) is 7.40. The van der Waals surface area contributed by atoms with Crippen LogP contribution >= 0.6 is 0 Å². The van der Waals surface area contributed by atoms with Gasteiger partial charge in [-0.15, -0.1) is 0 Å². The van der Waals surface area contributed by atoms with E-state index in [2.05, 4.69) is 15.0 Å². The fourth-order valence-electron chi connectivity index (χ4n) is 2.15. The van der Waals surface area contributed by atoms with E-state index in [0.717, 1.165) is 5.82 Å². The number of nitrogens with zero attached hydrogens (tertiary/aromatic N) is 5. The largest absolute Gasteiger partial charge is 0.386 e. The molecular formula is C15H20N6O2. The van der Waals surface area contributed by atoms with E-state index in [1.54, 1.807) is 24.1 Å². The van der Waals surface area contributed by atoms with Gasteiger partial charge in [0.1, 0.15) is 11.9 Å². The summed E-state index contributed by atoms with van der Waals surface area (Å²) in [5.74, 6) is 0.716. The molecule has 0 saturated carbocycles. The summed E-state index contributed by atoms with van der Waals surface area (Å²) in [6.45, 7) is 4.26. The highest BCUT2D eigenvalue weighted by Crippen LogP contribution is 2.14. The van der Waals surface area contributed by atoms with Crippen LogP contribution in [0.3, 0.4) is 0 Å². The Morgan fingerprint density at radius 3 is 2.83 bits per heavy atom. The van der Waals surface area contributed by atoms with E-state index in [1.807, 2.05) is 12.1 Å². The van der Waals surface area contributed by atoms with E-state index in [-0.39, 0.29) is 18.6 Å². The van der Waals surface area contributed by atoms with Crippen LogP contribution < -0.4 is 10.6 Å². The van der Waals surface area contributed by atoms with E-state index in [9.17, 15) is 4.79 Å². The van der Waals surface area contributed by atoms with Crippen molar-refractivity contribution in [1.29, 1.82) is 5.26 Å². The molecule has 1 aliphatic heterocycles. The van der Waals surface area contributed by atoms with Gasteiger partial charge in [0.25, 0.3) is 5.91 Å². The molecule has 1 saturated heterocycles. The van der Waals surface area contributed by atoms with Gasteiger partial charge >= 0.3 is 0 Å². The first-order chi connectivity index (χ1) is 11.1. The maximum Gasteiger partial charge on any atom is 0.263 e. The van der Waals surface area contributed by atoms with Gasteiger partial charge < -0.3 is 20.4 Å². The van der Waals surface area contributed by atoms with Crippen molar-refractivity contribution in [1.82, 2.24) is 9.88 Å². The summed E-state index contributed by atoms with van der Waals surface area (Å²) in [6.07, 6.45) is 3.00. The molecule has 1 aliphatic rings. The van der Waals surface area contributed by atoms with Crippen LogP contribution in [0.15, 0.2) is 23.5 Å². The third-order valence-electron chi connectivity index (χ3n) is 3.39. The topological polar surface area (TPSA) is 108 Å². The summed E-state index contributed by atoms with van der Waals surface area (Å²) >= 11 is 0. The minimum Gasteiger partial charge on any atom is -0.386 e. The molecule has 0 aromatic carbocycles. The summed E-state index contributed by atoms with van der Waals surface area (Å²) in [4.78, 5) is 25.0. The van der Waals surface area contributed by atoms with Gasteiger partial charge in [0.15, 0.2) is 6.61 Å². The van der Waals surface area contributed by atoms with Gasteiger partial charge in [-0.25, -0.2) is 4.98 Å². The van der Waals surface area contributed by atoms with Gasteiger partial charge in [-0.3, -0.25) is 4.79 Å². The number of amides is 1. The second-order valence-electron chi connectivity index (χ2n) is 5.27. The maximum absolute atomic E-state index is 12.0. The number of carbonyl (C=O) groups is 1. The van der Waals surface area contributed by atoms with E-state index in [1.165, 1.54) is 6.21 Å². The minimum absolute atomic E-state index is 0.0850. The van der Waals surface area contributed by atoms with Crippen LogP contribution in [-0.2, 0) is 9.63 Å². The smallest absolute Gasteiger partial charge is 0.263 e. The summed E-state index contributed by atoms with van der Waals surface area (Å²) in [7, 11) is 0. The molecule has 2 rings (SSSR count). The Labute approximate surface area is 135 Å². The highest BCUT2D eigenvalue weighted by Gasteiger charge is 2.22. The Kier molecular flexibility index (Phi) is 5.88. The lowest BCUT2D eigenvalue weighted by molar-refractivity contribution is -0.136. The number of rotatable bonds is 5. The summed E-state index contributed by atoms with van der Waals surface area (Å²) < 4.78 is 0. The third-order valence-corrected chi connectivity index (χ3v) is 3.39. The van der Waals surface area contributed by atoms with Crippen molar-refractivity contribution in [2.75, 3.05) is 37.7 Å². The van der Waals surface area contributed by atoms with Crippen LogP contribution in [0.1, 0.15) is 12.5 Å². The SMILES string of the molecule is C[C@H](N)/C=N/OCC(=O)N1CCN(c2ccc(C#N)cn2)CC1. The zero-order valence-corrected chi connectivity index (χ0v) is 13.1. The van der Waals surface area contributed by atoms with Gasteiger partial charge in [-0.1, -0.05) is 5.16 Å². The van der Waals surface area contributed by atoms with Crippen molar-refractivity contribution < 1.29 is 9.63 Å². The van der Waals surface area contributed by atoms with Crippen molar-refractivity contribution >= 4 is 17.9 Å². The van der Waals surface area contributed by atoms with Crippen LogP contribution in [0.4, 0.5) is 5.82 Å². The predicted octanol–water partition coefficient (Wildman–Crippen LogP) is -0.0485. The van der Waals surface area contributed by atoms with Crippen molar-refractivity contribution in [3.63, 3.8) is 0 Å². The fourth-order valence-corrected chi connectivity index (χ4v) is 2.15. The van der Waals surface area contributed by atoms with Crippen molar-refractivity contribution in [3.05, 3.63) is 23.9 Å². The molecule has 1 amide bonds. The zero-order chi connectivity index (χ0) is 16.7. The molecule has 8 heteroatoms. The minimum atomic E-state index is -0.200. The second-order valence-corrected chi connectivity index (χ2v) is 5.27. The maximum atomic E-state index is 12.0. The monoisotopic (exact) mass is 316 g/mol. The molecule has 1 fully saturated rings. The van der Waals surface area contributed by atoms with Crippen LogP contribution in [0, 0.1) is 11.3 Å². The third kappa shape index (κ3) is 4.93. The molecule has 0 unspecified atom stereocenters. The molecule has 0 aliphatic carbocycles. The molecule has 1 aromatic rings. The lowest BCUT2D eigenvalue weighted by Crippen LogP contribution is -2.49. The normalized spacial score (nSPS) is 16.2. The summed E-state index contributed by atoms with van der Waals surface area (Å²) in [5.41, 5.74) is 6.02. The number of nitrogens with two attached hydrogens (primary N) is 1. The standard InChI is InChI=1S/C15H20N6O2/c1-12(17)9-19-23-11-15(22)21-6-4-20(5-7-21)14-3-2-13(8-16)10-18-14/h2-3,9-10,12H,4-7,11,17H2,1H3/b19-9+/t12-/m0/s1. The Hall–Kier alpha value is -2.66. The highest BCUT2D eigenvalue weighted by molar-refractivity contribution is 5.77. The molecule has 0 bridgehead atoms. The number of pyridine rings is 1. The number of aromatic nitrogens is 1. The molecule has 1 atom stereocenters. The fraction of sp³-hybridized carbons (Fsp3) is 0.467. The van der Waals surface area contributed by atoms with Gasteiger partial charge in [-0.05, 0) is 19.1 Å². The molecule has 0 spiro atoms. The Morgan fingerprint density at radius 1 is 1.52 bits per heavy atom. The van der Waals surface area contributed by atoms with Gasteiger partial charge in [0, 0.05) is 38.4 Å². The van der Waals surface area contributed by atoms with E-state index in [0.29, 0.717) is 31.7 Å². The van der Waals surface area contributed by atoms with Crippen LogP contribution in [0.2, 0.25) is 0 Å². The van der Waals surface area contributed by atoms with Crippen LogP contribution in [0.25, 0.3) is 0 Å². The first-order valence-corrected chi connectivity index (χ1v) is 7.40. The van der Waals surface area contributed by atoms with Gasteiger partial charge in [0.2, 0.25) is 0 Å². The first kappa shape index (κ1) is 16.7. The average Bonchev–Trinajstić information content (AvgIpc) is 2.58. The number of carbonyl (C=O) groups excluding carboxylic acids is 1. The predicted molar refractivity (Wildman–Crippen MR) is 85.8 cm³/mol. The summed E-state index contributed by atoms with van der Waals surface area (Å²) in [5, 5.41) is 12.4. The Morgan fingerprint density at radius 2 is 2.26 bits per heavy atom. The Balaban J connectivity index is 1.78. The Bertz CT molecular complexity index is 585. The molecule has 2 N–H and O–H groups in total. The van der Waals surface area contributed by atoms with Crippen molar-refractivity contribution in [2.24, 2.45) is 10.9 Å².